The molecule has 19 heavy (non-hydrogen) atoms. The van der Waals surface area contributed by atoms with E-state index >= 15 is 0 Å². The highest BCUT2D eigenvalue weighted by Gasteiger charge is 2.34. The summed E-state index contributed by atoms with van der Waals surface area (Å²) in [6.07, 6.45) is 2.59. The molecule has 0 radical (unpaired) electrons. The number of benzene rings is 1. The van der Waals surface area contributed by atoms with Crippen molar-refractivity contribution in [3.63, 3.8) is 0 Å². The van der Waals surface area contributed by atoms with Gasteiger partial charge in [0.05, 0.1) is 6.61 Å². The van der Waals surface area contributed by atoms with Gasteiger partial charge in [0.1, 0.15) is 17.1 Å². The van der Waals surface area contributed by atoms with Crippen LogP contribution in [0.3, 0.4) is 0 Å². The molecule has 1 unspecified atom stereocenters. The third-order valence-electron chi connectivity index (χ3n) is 4.34. The standard InChI is InChI=1S/C15H23NO3/c1-9-10(2)14-12(11(3)13(9)17)5-6-15(4,19-14)7-8-18-16/h17H,5-8,16H2,1-4H3. The number of phenolic OH excluding ortho intramolecular Hbond substituents is 1. The summed E-state index contributed by atoms with van der Waals surface area (Å²) in [5.41, 5.74) is 3.75. The van der Waals surface area contributed by atoms with E-state index in [-0.39, 0.29) is 5.60 Å². The van der Waals surface area contributed by atoms with Crippen LogP contribution < -0.4 is 10.6 Å². The molecule has 106 valence electrons. The molecular weight excluding hydrogens is 242 g/mol. The lowest BCUT2D eigenvalue weighted by atomic mass is 9.86. The summed E-state index contributed by atoms with van der Waals surface area (Å²) >= 11 is 0. The molecule has 1 aliphatic heterocycles. The molecule has 0 saturated carbocycles. The first-order valence-corrected chi connectivity index (χ1v) is 6.72. The molecule has 1 heterocycles. The third-order valence-corrected chi connectivity index (χ3v) is 4.34. The minimum Gasteiger partial charge on any atom is -0.507 e. The SMILES string of the molecule is Cc1c(C)c2c(c(C)c1O)CCC(C)(CCON)O2. The number of rotatable bonds is 3. The smallest absolute Gasteiger partial charge is 0.127 e. The van der Waals surface area contributed by atoms with Crippen LogP contribution >= 0.6 is 0 Å². The van der Waals surface area contributed by atoms with Crippen molar-refractivity contribution in [1.29, 1.82) is 0 Å². The predicted molar refractivity (Wildman–Crippen MR) is 74.4 cm³/mol. The Morgan fingerprint density at radius 2 is 1.95 bits per heavy atom. The van der Waals surface area contributed by atoms with Gasteiger partial charge in [0.15, 0.2) is 0 Å². The second kappa shape index (κ2) is 5.02. The van der Waals surface area contributed by atoms with Crippen LogP contribution in [0.2, 0.25) is 0 Å². The van der Waals surface area contributed by atoms with Gasteiger partial charge in [-0.25, -0.2) is 5.90 Å². The van der Waals surface area contributed by atoms with Crippen molar-refractivity contribution in [3.05, 3.63) is 22.3 Å². The molecule has 0 aromatic heterocycles. The Morgan fingerprint density at radius 3 is 2.58 bits per heavy atom. The van der Waals surface area contributed by atoms with Crippen molar-refractivity contribution in [2.45, 2.75) is 52.6 Å². The molecule has 1 aromatic carbocycles. The fourth-order valence-electron chi connectivity index (χ4n) is 2.75. The first kappa shape index (κ1) is 14.2. The Labute approximate surface area is 114 Å². The number of nitrogens with two attached hydrogens (primary N) is 1. The van der Waals surface area contributed by atoms with Crippen molar-refractivity contribution in [2.24, 2.45) is 5.90 Å². The lowest BCUT2D eigenvalue weighted by Gasteiger charge is -2.37. The summed E-state index contributed by atoms with van der Waals surface area (Å²) < 4.78 is 6.22. The zero-order valence-corrected chi connectivity index (χ0v) is 12.2. The van der Waals surface area contributed by atoms with E-state index in [1.807, 2.05) is 20.8 Å². The van der Waals surface area contributed by atoms with Crippen LogP contribution in [0.15, 0.2) is 0 Å². The number of ether oxygens (including phenoxy) is 1. The largest absolute Gasteiger partial charge is 0.507 e. The monoisotopic (exact) mass is 265 g/mol. The van der Waals surface area contributed by atoms with Crippen LogP contribution in [0, 0.1) is 20.8 Å². The lowest BCUT2D eigenvalue weighted by Crippen LogP contribution is -2.38. The van der Waals surface area contributed by atoms with Gasteiger partial charge in [0.2, 0.25) is 0 Å². The maximum atomic E-state index is 10.1. The molecule has 0 aliphatic carbocycles. The van der Waals surface area contributed by atoms with E-state index in [0.29, 0.717) is 12.4 Å². The van der Waals surface area contributed by atoms with Gasteiger partial charge in [0.25, 0.3) is 0 Å². The van der Waals surface area contributed by atoms with Gasteiger partial charge in [-0.15, -0.1) is 0 Å². The molecule has 1 aliphatic rings. The highest BCUT2D eigenvalue weighted by molar-refractivity contribution is 5.58. The Hall–Kier alpha value is -1.26. The van der Waals surface area contributed by atoms with E-state index in [9.17, 15) is 5.11 Å². The molecule has 0 spiro atoms. The first-order chi connectivity index (χ1) is 8.89. The summed E-state index contributed by atoms with van der Waals surface area (Å²) in [7, 11) is 0. The van der Waals surface area contributed by atoms with E-state index < -0.39 is 0 Å². The van der Waals surface area contributed by atoms with Gasteiger partial charge in [-0.2, -0.15) is 0 Å². The fraction of sp³-hybridized carbons (Fsp3) is 0.600. The number of phenols is 1. The minimum absolute atomic E-state index is 0.243. The van der Waals surface area contributed by atoms with Crippen LogP contribution in [0.5, 0.6) is 11.5 Å². The average molecular weight is 265 g/mol. The van der Waals surface area contributed by atoms with Crippen molar-refractivity contribution in [3.8, 4) is 11.5 Å². The third kappa shape index (κ3) is 2.42. The maximum absolute atomic E-state index is 10.1. The average Bonchev–Trinajstić information content (AvgIpc) is 2.40. The molecule has 0 saturated heterocycles. The topological polar surface area (TPSA) is 64.7 Å². The van der Waals surface area contributed by atoms with Gasteiger partial charge in [-0.05, 0) is 57.2 Å². The van der Waals surface area contributed by atoms with Gasteiger partial charge in [-0.1, -0.05) is 0 Å². The lowest BCUT2D eigenvalue weighted by molar-refractivity contribution is 0.0180. The van der Waals surface area contributed by atoms with Crippen LogP contribution in [0.4, 0.5) is 0 Å². The number of hydrogen-bond acceptors (Lipinski definition) is 4. The Morgan fingerprint density at radius 1 is 1.26 bits per heavy atom. The van der Waals surface area contributed by atoms with Crippen LogP contribution in [0.25, 0.3) is 0 Å². The molecule has 0 fully saturated rings. The minimum atomic E-state index is -0.243. The normalized spacial score (nSPS) is 21.9. The molecule has 0 bridgehead atoms. The van der Waals surface area contributed by atoms with Crippen LogP contribution in [-0.2, 0) is 11.3 Å². The molecule has 1 aromatic rings. The maximum Gasteiger partial charge on any atom is 0.127 e. The van der Waals surface area contributed by atoms with Gasteiger partial charge in [-0.3, -0.25) is 0 Å². The van der Waals surface area contributed by atoms with E-state index in [1.54, 1.807) is 0 Å². The van der Waals surface area contributed by atoms with Crippen molar-refractivity contribution in [2.75, 3.05) is 6.61 Å². The fourth-order valence-corrected chi connectivity index (χ4v) is 2.75. The van der Waals surface area contributed by atoms with E-state index in [1.165, 1.54) is 0 Å². The second-order valence-electron chi connectivity index (χ2n) is 5.70. The van der Waals surface area contributed by atoms with Gasteiger partial charge >= 0.3 is 0 Å². The predicted octanol–water partition coefficient (Wildman–Crippen LogP) is 2.68. The molecular formula is C15H23NO3. The Kier molecular flexibility index (Phi) is 3.74. The summed E-state index contributed by atoms with van der Waals surface area (Å²) in [5.74, 6) is 6.43. The molecule has 3 N–H and O–H groups in total. The summed E-state index contributed by atoms with van der Waals surface area (Å²) in [6.45, 7) is 8.46. The van der Waals surface area contributed by atoms with Crippen molar-refractivity contribution >= 4 is 0 Å². The van der Waals surface area contributed by atoms with E-state index in [2.05, 4.69) is 11.8 Å². The zero-order chi connectivity index (χ0) is 14.2. The molecule has 0 amide bonds. The van der Waals surface area contributed by atoms with Crippen LogP contribution in [-0.4, -0.2) is 17.3 Å². The summed E-state index contributed by atoms with van der Waals surface area (Å²) in [4.78, 5) is 4.67. The van der Waals surface area contributed by atoms with Crippen molar-refractivity contribution in [1.82, 2.24) is 0 Å². The Balaban J connectivity index is 2.40. The molecule has 2 rings (SSSR count). The first-order valence-electron chi connectivity index (χ1n) is 6.72. The van der Waals surface area contributed by atoms with Crippen LogP contribution in [0.1, 0.15) is 42.0 Å². The second-order valence-corrected chi connectivity index (χ2v) is 5.70. The zero-order valence-electron chi connectivity index (χ0n) is 12.2. The molecule has 4 nitrogen and oxygen atoms in total. The summed E-state index contributed by atoms with van der Waals surface area (Å²) in [5, 5.41) is 10.1. The van der Waals surface area contributed by atoms with Gasteiger partial charge < -0.3 is 14.7 Å². The summed E-state index contributed by atoms with van der Waals surface area (Å²) in [6, 6.07) is 0. The quantitative estimate of drug-likeness (QED) is 0.825. The highest BCUT2D eigenvalue weighted by Crippen LogP contribution is 2.43. The highest BCUT2D eigenvalue weighted by atomic mass is 16.6. The number of hydrogen-bond donors (Lipinski definition) is 2. The molecule has 1 atom stereocenters. The van der Waals surface area contributed by atoms with E-state index in [0.717, 1.165) is 47.3 Å². The van der Waals surface area contributed by atoms with Gasteiger partial charge in [0, 0.05) is 12.0 Å². The van der Waals surface area contributed by atoms with Crippen molar-refractivity contribution < 1.29 is 14.7 Å². The number of fused-ring (bicyclic) bond motifs is 1. The number of aromatic hydroxyl groups is 1. The van der Waals surface area contributed by atoms with E-state index in [4.69, 9.17) is 10.6 Å². The molecule has 4 heteroatoms. The Bertz CT molecular complexity index is 499.